The van der Waals surface area contributed by atoms with E-state index in [1.54, 1.807) is 0 Å². The molecule has 4 heteroatoms. The molecule has 7 aromatic rings. The molecule has 1 saturated carbocycles. The third kappa shape index (κ3) is 7.20. The summed E-state index contributed by atoms with van der Waals surface area (Å²) < 4.78 is 5.90. The smallest absolute Gasteiger partial charge is 0.120 e. The van der Waals surface area contributed by atoms with Crippen LogP contribution in [0.1, 0.15) is 55.2 Å². The van der Waals surface area contributed by atoms with E-state index in [1.165, 1.54) is 48.8 Å². The van der Waals surface area contributed by atoms with Crippen molar-refractivity contribution < 1.29 is 24.5 Å². The van der Waals surface area contributed by atoms with Gasteiger partial charge in [-0.1, -0.05) is 110 Å². The fourth-order valence-corrected chi connectivity index (χ4v) is 6.47. The molecule has 0 amide bonds. The number of fused-ring (bicyclic) bond motifs is 3. The van der Waals surface area contributed by atoms with Crippen LogP contribution in [0, 0.1) is 18.1 Å². The van der Waals surface area contributed by atoms with Crippen LogP contribution in [0.2, 0.25) is 0 Å². The molecular formula is C42H36IrN2O-2. The molecule has 0 bridgehead atoms. The van der Waals surface area contributed by atoms with Gasteiger partial charge in [0, 0.05) is 37.9 Å². The Labute approximate surface area is 285 Å². The van der Waals surface area contributed by atoms with Crippen LogP contribution in [0.25, 0.3) is 44.5 Å². The van der Waals surface area contributed by atoms with Crippen LogP contribution < -0.4 is 0 Å². The van der Waals surface area contributed by atoms with Gasteiger partial charge in [0.25, 0.3) is 0 Å². The number of benzene rings is 4. The van der Waals surface area contributed by atoms with E-state index in [-0.39, 0.29) is 20.1 Å². The zero-order chi connectivity index (χ0) is 30.4. The average molecular weight is 777 g/mol. The molecule has 0 aliphatic heterocycles. The number of hydrogen-bond acceptors (Lipinski definition) is 3. The Balaban J connectivity index is 0.000000162. The van der Waals surface area contributed by atoms with Gasteiger partial charge in [-0.2, -0.15) is 0 Å². The van der Waals surface area contributed by atoms with Gasteiger partial charge in [0.1, 0.15) is 5.58 Å². The third-order valence-electron chi connectivity index (χ3n) is 8.98. The van der Waals surface area contributed by atoms with Crippen LogP contribution in [0.4, 0.5) is 0 Å². The third-order valence-corrected chi connectivity index (χ3v) is 8.98. The normalized spacial score (nSPS) is 13.6. The zero-order valence-corrected chi connectivity index (χ0v) is 28.3. The van der Waals surface area contributed by atoms with Crippen molar-refractivity contribution in [3.63, 3.8) is 0 Å². The minimum atomic E-state index is 0. The largest absolute Gasteiger partial charge is 0.500 e. The maximum absolute atomic E-state index is 5.90. The number of rotatable bonds is 6. The van der Waals surface area contributed by atoms with Crippen molar-refractivity contribution in [2.75, 3.05) is 0 Å². The van der Waals surface area contributed by atoms with Gasteiger partial charge >= 0.3 is 0 Å². The van der Waals surface area contributed by atoms with Crippen LogP contribution in [-0.2, 0) is 26.5 Å². The predicted molar refractivity (Wildman–Crippen MR) is 184 cm³/mol. The van der Waals surface area contributed by atoms with Crippen molar-refractivity contribution in [1.82, 2.24) is 9.97 Å². The van der Waals surface area contributed by atoms with E-state index in [9.17, 15) is 0 Å². The van der Waals surface area contributed by atoms with E-state index in [1.807, 2.05) is 67.0 Å². The van der Waals surface area contributed by atoms with E-state index >= 15 is 0 Å². The molecule has 0 N–H and O–H groups in total. The summed E-state index contributed by atoms with van der Waals surface area (Å²) in [6.07, 6.45) is 10.4. The first kappa shape index (κ1) is 31.6. The predicted octanol–water partition coefficient (Wildman–Crippen LogP) is 10.9. The fourth-order valence-electron chi connectivity index (χ4n) is 6.47. The fraction of sp³-hybridized carbons (Fsp3) is 0.190. The molecule has 3 nitrogen and oxygen atoms in total. The molecule has 3 aromatic heterocycles. The number of nitrogens with zero attached hydrogens (tertiary/aromatic N) is 2. The summed E-state index contributed by atoms with van der Waals surface area (Å²) in [6.45, 7) is 2.23. The number of aromatic nitrogens is 2. The summed E-state index contributed by atoms with van der Waals surface area (Å²) in [5.74, 6) is 1.22. The first-order chi connectivity index (χ1) is 22.2. The zero-order valence-electron chi connectivity index (χ0n) is 26.0. The van der Waals surface area contributed by atoms with Gasteiger partial charge in [0.2, 0.25) is 0 Å². The summed E-state index contributed by atoms with van der Waals surface area (Å²) in [7, 11) is 0. The van der Waals surface area contributed by atoms with Crippen molar-refractivity contribution in [1.29, 1.82) is 0 Å². The number of pyridine rings is 2. The first-order valence-corrected chi connectivity index (χ1v) is 16.0. The van der Waals surface area contributed by atoms with Crippen LogP contribution in [-0.4, -0.2) is 9.97 Å². The Morgan fingerprint density at radius 3 is 2.28 bits per heavy atom. The minimum Gasteiger partial charge on any atom is -0.500 e. The molecule has 46 heavy (non-hydrogen) atoms. The molecule has 3 heterocycles. The molecule has 4 aromatic carbocycles. The quantitative estimate of drug-likeness (QED) is 0.158. The van der Waals surface area contributed by atoms with Crippen molar-refractivity contribution in [3.05, 3.63) is 156 Å². The van der Waals surface area contributed by atoms with Gasteiger partial charge in [0.05, 0.1) is 5.58 Å². The van der Waals surface area contributed by atoms with Crippen molar-refractivity contribution in [2.45, 2.75) is 44.9 Å². The van der Waals surface area contributed by atoms with E-state index in [2.05, 4.69) is 89.7 Å². The van der Waals surface area contributed by atoms with Gasteiger partial charge in [-0.3, -0.25) is 0 Å². The summed E-state index contributed by atoms with van der Waals surface area (Å²) in [5, 5.41) is 2.28. The summed E-state index contributed by atoms with van der Waals surface area (Å²) >= 11 is 0. The van der Waals surface area contributed by atoms with E-state index in [0.29, 0.717) is 5.92 Å². The Morgan fingerprint density at radius 1 is 0.696 bits per heavy atom. The van der Waals surface area contributed by atoms with E-state index in [4.69, 9.17) is 4.42 Å². The average Bonchev–Trinajstić information content (AvgIpc) is 3.77. The Bertz CT molecular complexity index is 2010. The molecule has 8 rings (SSSR count). The molecule has 0 spiro atoms. The summed E-state index contributed by atoms with van der Waals surface area (Å²) in [6, 6.07) is 46.1. The molecule has 0 saturated heterocycles. The van der Waals surface area contributed by atoms with E-state index < -0.39 is 0 Å². The van der Waals surface area contributed by atoms with Crippen LogP contribution in [0.5, 0.6) is 0 Å². The van der Waals surface area contributed by atoms with Gasteiger partial charge in [-0.05, 0) is 53.4 Å². The monoisotopic (exact) mass is 777 g/mol. The standard InChI is InChI=1S/C23H20NO.C19H16N.Ir/c1-2-6-16(5-1)13-17-11-12-24-21(14-17)18-9-10-23-20(15-18)19-7-3-4-8-22(19)25-23;1-15(16-8-3-2-4-9-16)17-10-7-11-18(14-17)19-12-5-6-13-20-19;/h3-4,7-8,10-12,14-16H,1-2,5-6,13H2;2-10,12-15H,1H3;/q2*-1;. The second-order valence-electron chi connectivity index (χ2n) is 12.0. The molecule has 1 atom stereocenters. The second kappa shape index (κ2) is 14.8. The maximum atomic E-state index is 5.90. The summed E-state index contributed by atoms with van der Waals surface area (Å²) in [5.41, 5.74) is 9.86. The SMILES string of the molecule is CC(c1ccccc1)c1cc[c-]c(-c2ccccn2)c1.[Ir].[c-]1cc2oc3ccccc3c2cc1-c1cc(CC2CCCC2)ccn1. The van der Waals surface area contributed by atoms with Crippen molar-refractivity contribution >= 4 is 21.9 Å². The molecular weight excluding hydrogens is 741 g/mol. The molecule has 1 radical (unpaired) electrons. The Morgan fingerprint density at radius 2 is 1.46 bits per heavy atom. The number of furan rings is 1. The van der Waals surface area contributed by atoms with Gasteiger partial charge in [-0.15, -0.1) is 59.2 Å². The Hall–Kier alpha value is -4.37. The van der Waals surface area contributed by atoms with E-state index in [0.717, 1.165) is 50.4 Å². The summed E-state index contributed by atoms with van der Waals surface area (Å²) in [4.78, 5) is 8.98. The molecule has 1 unspecified atom stereocenters. The van der Waals surface area contributed by atoms with Gasteiger partial charge in [0.15, 0.2) is 0 Å². The number of para-hydroxylation sites is 1. The Kier molecular flexibility index (Phi) is 10.2. The maximum Gasteiger partial charge on any atom is 0.120 e. The topological polar surface area (TPSA) is 38.9 Å². The van der Waals surface area contributed by atoms with Gasteiger partial charge in [-0.25, -0.2) is 0 Å². The van der Waals surface area contributed by atoms with Gasteiger partial charge < -0.3 is 14.4 Å². The van der Waals surface area contributed by atoms with Crippen LogP contribution in [0.3, 0.4) is 0 Å². The van der Waals surface area contributed by atoms with Crippen molar-refractivity contribution in [3.8, 4) is 22.5 Å². The molecule has 1 aliphatic carbocycles. The number of hydrogen-bond donors (Lipinski definition) is 0. The minimum absolute atomic E-state index is 0. The molecule has 1 fully saturated rings. The van der Waals surface area contributed by atoms with Crippen LogP contribution >= 0.6 is 0 Å². The first-order valence-electron chi connectivity index (χ1n) is 16.0. The van der Waals surface area contributed by atoms with Crippen LogP contribution in [0.15, 0.2) is 132 Å². The second-order valence-corrected chi connectivity index (χ2v) is 12.0. The van der Waals surface area contributed by atoms with Crippen molar-refractivity contribution in [2.24, 2.45) is 5.92 Å². The molecule has 231 valence electrons. The molecule has 1 aliphatic rings.